The number of ether oxygens (including phenoxy) is 1. The summed E-state index contributed by atoms with van der Waals surface area (Å²) in [6.07, 6.45) is 7.33. The Morgan fingerprint density at radius 3 is 2.79 bits per heavy atom. The number of hydrogen-bond donors (Lipinski definition) is 0. The number of methoxy groups -OCH3 is 1. The number of hydrogen-bond acceptors (Lipinski definition) is 3. The van der Waals surface area contributed by atoms with Gasteiger partial charge in [0.05, 0.1) is 6.61 Å². The number of aromatic nitrogens is 3. The fraction of sp³-hybridized carbons (Fsp3) is 0.200. The smallest absolute Gasteiger partial charge is 0.115 e. The second-order valence-electron chi connectivity index (χ2n) is 4.37. The molecule has 2 heterocycles. The van der Waals surface area contributed by atoms with Crippen LogP contribution < -0.4 is 0 Å². The van der Waals surface area contributed by atoms with E-state index in [1.54, 1.807) is 13.4 Å². The maximum absolute atomic E-state index is 5.14. The lowest BCUT2D eigenvalue weighted by molar-refractivity contribution is 0.188. The van der Waals surface area contributed by atoms with E-state index in [9.17, 15) is 0 Å². The molecule has 3 rings (SSSR count). The average molecular weight is 253 g/mol. The Balaban J connectivity index is 2.10. The largest absolute Gasteiger partial charge is 0.383 e. The highest BCUT2D eigenvalue weighted by Crippen LogP contribution is 2.28. The molecular weight excluding hydrogens is 238 g/mol. The molecule has 0 bridgehead atoms. The summed E-state index contributed by atoms with van der Waals surface area (Å²) in [6, 6.07) is 8.42. The highest BCUT2D eigenvalue weighted by atomic mass is 16.5. The molecule has 4 heteroatoms. The van der Waals surface area contributed by atoms with E-state index >= 15 is 0 Å². The summed E-state index contributed by atoms with van der Waals surface area (Å²) in [5.74, 6) is 0. The standard InChI is InChI=1S/C15H15N3O/c1-19-8-7-18-6-5-14-13(3-2-4-15(14)18)12-9-16-11-17-10-12/h2-6,9-11H,7-8H2,1H3. The highest BCUT2D eigenvalue weighted by molar-refractivity contribution is 5.95. The Labute approximate surface area is 111 Å². The van der Waals surface area contributed by atoms with Gasteiger partial charge < -0.3 is 9.30 Å². The van der Waals surface area contributed by atoms with Crippen molar-refractivity contribution in [1.82, 2.24) is 14.5 Å². The molecule has 0 aliphatic carbocycles. The van der Waals surface area contributed by atoms with Crippen molar-refractivity contribution in [3.8, 4) is 11.1 Å². The van der Waals surface area contributed by atoms with Crippen molar-refractivity contribution < 1.29 is 4.74 Å². The molecule has 3 aromatic rings. The fourth-order valence-electron chi connectivity index (χ4n) is 2.30. The van der Waals surface area contributed by atoms with Gasteiger partial charge in [-0.15, -0.1) is 0 Å². The minimum absolute atomic E-state index is 0.711. The molecule has 0 N–H and O–H groups in total. The summed E-state index contributed by atoms with van der Waals surface area (Å²) in [7, 11) is 1.72. The Morgan fingerprint density at radius 2 is 2.00 bits per heavy atom. The van der Waals surface area contributed by atoms with E-state index in [1.807, 2.05) is 12.4 Å². The first-order chi connectivity index (χ1) is 9.40. The zero-order valence-corrected chi connectivity index (χ0v) is 10.8. The van der Waals surface area contributed by atoms with Crippen LogP contribution in [-0.4, -0.2) is 28.3 Å². The van der Waals surface area contributed by atoms with E-state index in [0.717, 1.165) is 17.7 Å². The molecule has 4 nitrogen and oxygen atoms in total. The van der Waals surface area contributed by atoms with E-state index in [0.29, 0.717) is 6.61 Å². The lowest BCUT2D eigenvalue weighted by Gasteiger charge is -2.06. The topological polar surface area (TPSA) is 39.9 Å². The molecule has 0 saturated heterocycles. The van der Waals surface area contributed by atoms with Crippen LogP contribution in [0.15, 0.2) is 49.2 Å². The maximum atomic E-state index is 5.14. The molecule has 0 spiro atoms. The van der Waals surface area contributed by atoms with E-state index < -0.39 is 0 Å². The quantitative estimate of drug-likeness (QED) is 0.717. The summed E-state index contributed by atoms with van der Waals surface area (Å²) in [4.78, 5) is 8.17. The molecule has 0 aliphatic rings. The molecule has 0 unspecified atom stereocenters. The first kappa shape index (κ1) is 11.9. The van der Waals surface area contributed by atoms with Crippen LogP contribution in [0.2, 0.25) is 0 Å². The monoisotopic (exact) mass is 253 g/mol. The van der Waals surface area contributed by atoms with Crippen LogP contribution in [0.3, 0.4) is 0 Å². The van der Waals surface area contributed by atoms with Gasteiger partial charge in [-0.2, -0.15) is 0 Å². The average Bonchev–Trinajstić information content (AvgIpc) is 2.89. The lowest BCUT2D eigenvalue weighted by Crippen LogP contribution is -2.02. The molecule has 96 valence electrons. The predicted octanol–water partition coefficient (Wildman–Crippen LogP) is 2.74. The van der Waals surface area contributed by atoms with Crippen molar-refractivity contribution in [2.24, 2.45) is 0 Å². The molecule has 19 heavy (non-hydrogen) atoms. The Bertz CT molecular complexity index is 676. The van der Waals surface area contributed by atoms with Crippen LogP contribution in [0, 0.1) is 0 Å². The van der Waals surface area contributed by atoms with Gasteiger partial charge >= 0.3 is 0 Å². The van der Waals surface area contributed by atoms with Gasteiger partial charge in [0.2, 0.25) is 0 Å². The van der Waals surface area contributed by atoms with E-state index in [-0.39, 0.29) is 0 Å². The third-order valence-electron chi connectivity index (χ3n) is 3.22. The van der Waals surface area contributed by atoms with E-state index in [2.05, 4.69) is 45.0 Å². The minimum Gasteiger partial charge on any atom is -0.383 e. The summed E-state index contributed by atoms with van der Waals surface area (Å²) in [5.41, 5.74) is 3.41. The second kappa shape index (κ2) is 5.20. The zero-order chi connectivity index (χ0) is 13.1. The fourth-order valence-corrected chi connectivity index (χ4v) is 2.30. The molecule has 1 aromatic carbocycles. The van der Waals surface area contributed by atoms with Crippen molar-refractivity contribution >= 4 is 10.9 Å². The molecule has 2 aromatic heterocycles. The zero-order valence-electron chi connectivity index (χ0n) is 10.8. The van der Waals surface area contributed by atoms with Crippen molar-refractivity contribution in [1.29, 1.82) is 0 Å². The summed E-state index contributed by atoms with van der Waals surface area (Å²) in [6.45, 7) is 1.57. The van der Waals surface area contributed by atoms with Crippen LogP contribution in [0.4, 0.5) is 0 Å². The van der Waals surface area contributed by atoms with Crippen molar-refractivity contribution in [3.05, 3.63) is 49.2 Å². The first-order valence-corrected chi connectivity index (χ1v) is 6.22. The molecule has 0 amide bonds. The van der Waals surface area contributed by atoms with Gasteiger partial charge in [0.1, 0.15) is 6.33 Å². The van der Waals surface area contributed by atoms with Gasteiger partial charge in [-0.25, -0.2) is 9.97 Å². The second-order valence-corrected chi connectivity index (χ2v) is 4.37. The van der Waals surface area contributed by atoms with E-state index in [4.69, 9.17) is 4.74 Å². The number of rotatable bonds is 4. The third kappa shape index (κ3) is 2.22. The van der Waals surface area contributed by atoms with Gasteiger partial charge in [-0.05, 0) is 17.7 Å². The summed E-state index contributed by atoms with van der Waals surface area (Å²) in [5, 5.41) is 1.22. The maximum Gasteiger partial charge on any atom is 0.115 e. The summed E-state index contributed by atoms with van der Waals surface area (Å²) < 4.78 is 7.34. The SMILES string of the molecule is COCCn1ccc2c(-c3cncnc3)cccc21. The minimum atomic E-state index is 0.711. The van der Waals surface area contributed by atoms with Crippen LogP contribution >= 0.6 is 0 Å². The number of benzene rings is 1. The van der Waals surface area contributed by atoms with Gasteiger partial charge in [-0.3, -0.25) is 0 Å². The van der Waals surface area contributed by atoms with E-state index in [1.165, 1.54) is 10.9 Å². The number of fused-ring (bicyclic) bond motifs is 1. The van der Waals surface area contributed by atoms with Crippen molar-refractivity contribution in [2.45, 2.75) is 6.54 Å². The Morgan fingerprint density at radius 1 is 1.16 bits per heavy atom. The van der Waals surface area contributed by atoms with Crippen molar-refractivity contribution in [3.63, 3.8) is 0 Å². The third-order valence-corrected chi connectivity index (χ3v) is 3.22. The summed E-state index contributed by atoms with van der Waals surface area (Å²) >= 11 is 0. The first-order valence-electron chi connectivity index (χ1n) is 6.22. The van der Waals surface area contributed by atoms with Crippen LogP contribution in [-0.2, 0) is 11.3 Å². The number of nitrogens with zero attached hydrogens (tertiary/aromatic N) is 3. The molecular formula is C15H15N3O. The normalized spacial score (nSPS) is 11.0. The Hall–Kier alpha value is -2.20. The van der Waals surface area contributed by atoms with Gasteiger partial charge in [0.25, 0.3) is 0 Å². The molecule has 0 atom stereocenters. The van der Waals surface area contributed by atoms with Gasteiger partial charge in [0, 0.05) is 48.7 Å². The molecule has 0 radical (unpaired) electrons. The molecule has 0 fully saturated rings. The van der Waals surface area contributed by atoms with Crippen LogP contribution in [0.5, 0.6) is 0 Å². The van der Waals surface area contributed by atoms with Gasteiger partial charge in [0.15, 0.2) is 0 Å². The lowest BCUT2D eigenvalue weighted by atomic mass is 10.1. The highest BCUT2D eigenvalue weighted by Gasteiger charge is 2.07. The molecule has 0 aliphatic heterocycles. The van der Waals surface area contributed by atoms with Crippen LogP contribution in [0.1, 0.15) is 0 Å². The Kier molecular flexibility index (Phi) is 3.25. The van der Waals surface area contributed by atoms with Crippen molar-refractivity contribution in [2.75, 3.05) is 13.7 Å². The van der Waals surface area contributed by atoms with Gasteiger partial charge in [-0.1, -0.05) is 12.1 Å². The van der Waals surface area contributed by atoms with Crippen LogP contribution in [0.25, 0.3) is 22.0 Å². The molecule has 0 saturated carbocycles. The predicted molar refractivity (Wildman–Crippen MR) is 74.8 cm³/mol.